The van der Waals surface area contributed by atoms with Crippen LogP contribution in [-0.2, 0) is 0 Å². The van der Waals surface area contributed by atoms with Gasteiger partial charge in [-0.05, 0) is 43.2 Å². The summed E-state index contributed by atoms with van der Waals surface area (Å²) in [7, 11) is 0. The number of rotatable bonds is 4. The highest BCUT2D eigenvalue weighted by atomic mass is 19.1. The third-order valence-electron chi connectivity index (χ3n) is 3.01. The van der Waals surface area contributed by atoms with Crippen molar-refractivity contribution >= 4 is 5.69 Å². The number of hydrogen-bond acceptors (Lipinski definition) is 4. The van der Waals surface area contributed by atoms with Crippen LogP contribution >= 0.6 is 0 Å². The molecule has 110 valence electrons. The van der Waals surface area contributed by atoms with E-state index in [1.165, 1.54) is 24.3 Å². The van der Waals surface area contributed by atoms with Crippen molar-refractivity contribution in [2.75, 3.05) is 0 Å². The Balaban J connectivity index is 2.38. The van der Waals surface area contributed by atoms with E-state index in [9.17, 15) is 14.5 Å². The van der Waals surface area contributed by atoms with Crippen LogP contribution in [0.1, 0.15) is 24.1 Å². The van der Waals surface area contributed by atoms with Crippen LogP contribution in [0.5, 0.6) is 11.5 Å². The summed E-state index contributed by atoms with van der Waals surface area (Å²) in [6, 6.07) is 8.44. The van der Waals surface area contributed by atoms with E-state index in [4.69, 9.17) is 10.5 Å². The maximum absolute atomic E-state index is 14.0. The summed E-state index contributed by atoms with van der Waals surface area (Å²) in [5.74, 6) is -0.679. The first-order chi connectivity index (χ1) is 9.88. The topological polar surface area (TPSA) is 78.4 Å². The predicted molar refractivity (Wildman–Crippen MR) is 76.9 cm³/mol. The number of hydrogen-bond donors (Lipinski definition) is 1. The van der Waals surface area contributed by atoms with Crippen molar-refractivity contribution in [1.82, 2.24) is 0 Å². The second kappa shape index (κ2) is 5.88. The Morgan fingerprint density at radius 2 is 1.95 bits per heavy atom. The SMILES string of the molecule is Cc1ccc([N+](=O)[O-])c(Oc2ccc([C@H](C)N)cc2F)c1. The van der Waals surface area contributed by atoms with Gasteiger partial charge in [-0.3, -0.25) is 10.1 Å². The smallest absolute Gasteiger partial charge is 0.311 e. The standard InChI is InChI=1S/C15H15FN2O3/c1-9-3-5-13(18(19)20)15(7-9)21-14-6-4-11(10(2)17)8-12(14)16/h3-8,10H,17H2,1-2H3/t10-/m0/s1. The zero-order valence-electron chi connectivity index (χ0n) is 11.7. The minimum absolute atomic E-state index is 0.00690. The largest absolute Gasteiger partial charge is 0.447 e. The van der Waals surface area contributed by atoms with Crippen LogP contribution in [-0.4, -0.2) is 4.92 Å². The van der Waals surface area contributed by atoms with Gasteiger partial charge in [-0.1, -0.05) is 12.1 Å². The zero-order valence-corrected chi connectivity index (χ0v) is 11.7. The van der Waals surface area contributed by atoms with Crippen LogP contribution < -0.4 is 10.5 Å². The fourth-order valence-electron chi connectivity index (χ4n) is 1.86. The van der Waals surface area contributed by atoms with Gasteiger partial charge >= 0.3 is 5.69 Å². The van der Waals surface area contributed by atoms with Crippen molar-refractivity contribution in [2.24, 2.45) is 5.73 Å². The minimum atomic E-state index is -0.611. The fourth-order valence-corrected chi connectivity index (χ4v) is 1.86. The van der Waals surface area contributed by atoms with E-state index in [1.54, 1.807) is 26.0 Å². The van der Waals surface area contributed by atoms with Gasteiger partial charge in [0.2, 0.25) is 5.75 Å². The Kier molecular flexibility index (Phi) is 4.18. The maximum atomic E-state index is 14.0. The molecule has 0 aliphatic rings. The number of benzene rings is 2. The van der Waals surface area contributed by atoms with E-state index in [0.717, 1.165) is 5.56 Å². The molecule has 0 aromatic heterocycles. The van der Waals surface area contributed by atoms with E-state index >= 15 is 0 Å². The van der Waals surface area contributed by atoms with E-state index in [0.29, 0.717) is 5.56 Å². The molecule has 21 heavy (non-hydrogen) atoms. The summed E-state index contributed by atoms with van der Waals surface area (Å²) in [6.45, 7) is 3.51. The molecular formula is C15H15FN2O3. The van der Waals surface area contributed by atoms with Crippen LogP contribution in [0.25, 0.3) is 0 Å². The second-order valence-electron chi connectivity index (χ2n) is 4.81. The van der Waals surface area contributed by atoms with Crippen molar-refractivity contribution in [1.29, 1.82) is 0 Å². The molecule has 0 aliphatic carbocycles. The molecule has 2 rings (SSSR count). The Bertz CT molecular complexity index is 687. The van der Waals surface area contributed by atoms with Gasteiger partial charge in [0.25, 0.3) is 0 Å². The molecule has 0 saturated heterocycles. The number of nitro benzene ring substituents is 1. The molecule has 0 bridgehead atoms. The minimum Gasteiger partial charge on any atom is -0.447 e. The van der Waals surface area contributed by atoms with Gasteiger partial charge in [0.05, 0.1) is 4.92 Å². The van der Waals surface area contributed by atoms with E-state index in [1.807, 2.05) is 0 Å². The van der Waals surface area contributed by atoms with Crippen molar-refractivity contribution in [3.05, 3.63) is 63.5 Å². The molecule has 0 heterocycles. The molecule has 0 aliphatic heterocycles. The van der Waals surface area contributed by atoms with Crippen LogP contribution in [0, 0.1) is 22.9 Å². The Morgan fingerprint density at radius 3 is 2.52 bits per heavy atom. The molecule has 0 unspecified atom stereocenters. The molecule has 0 spiro atoms. The average molecular weight is 290 g/mol. The number of nitrogens with zero attached hydrogens (tertiary/aromatic N) is 1. The van der Waals surface area contributed by atoms with Crippen molar-refractivity contribution in [3.8, 4) is 11.5 Å². The van der Waals surface area contributed by atoms with Gasteiger partial charge in [0.1, 0.15) is 0 Å². The molecule has 2 N–H and O–H groups in total. The second-order valence-corrected chi connectivity index (χ2v) is 4.81. The summed E-state index contributed by atoms with van der Waals surface area (Å²) >= 11 is 0. The van der Waals surface area contributed by atoms with Crippen molar-refractivity contribution in [3.63, 3.8) is 0 Å². The maximum Gasteiger partial charge on any atom is 0.311 e. The highest BCUT2D eigenvalue weighted by molar-refractivity contribution is 5.50. The quantitative estimate of drug-likeness (QED) is 0.685. The Hall–Kier alpha value is -2.47. The van der Waals surface area contributed by atoms with Gasteiger partial charge in [-0.2, -0.15) is 0 Å². The normalized spacial score (nSPS) is 12.0. The average Bonchev–Trinajstić information content (AvgIpc) is 2.40. The summed E-state index contributed by atoms with van der Waals surface area (Å²) in [5, 5.41) is 11.0. The van der Waals surface area contributed by atoms with Crippen molar-refractivity contribution < 1.29 is 14.1 Å². The number of nitrogens with two attached hydrogens (primary N) is 1. The van der Waals surface area contributed by atoms with Crippen LogP contribution in [0.4, 0.5) is 10.1 Å². The molecule has 0 saturated carbocycles. The van der Waals surface area contributed by atoms with E-state index < -0.39 is 10.7 Å². The lowest BCUT2D eigenvalue weighted by molar-refractivity contribution is -0.385. The van der Waals surface area contributed by atoms with Crippen molar-refractivity contribution in [2.45, 2.75) is 19.9 Å². The monoisotopic (exact) mass is 290 g/mol. The van der Waals surface area contributed by atoms with Gasteiger partial charge in [-0.25, -0.2) is 4.39 Å². The fraction of sp³-hybridized carbons (Fsp3) is 0.200. The van der Waals surface area contributed by atoms with Crippen LogP contribution in [0.15, 0.2) is 36.4 Å². The first kappa shape index (κ1) is 14.9. The molecule has 2 aromatic rings. The first-order valence-electron chi connectivity index (χ1n) is 6.36. The summed E-state index contributed by atoms with van der Waals surface area (Å²) in [5.41, 5.74) is 6.86. The van der Waals surface area contributed by atoms with E-state index in [2.05, 4.69) is 0 Å². The molecule has 0 fully saturated rings. The third-order valence-corrected chi connectivity index (χ3v) is 3.01. The van der Waals surface area contributed by atoms with Crippen LogP contribution in [0.2, 0.25) is 0 Å². The molecular weight excluding hydrogens is 275 g/mol. The molecule has 0 radical (unpaired) electrons. The molecule has 2 aromatic carbocycles. The Labute approximate surface area is 121 Å². The summed E-state index contributed by atoms with van der Waals surface area (Å²) < 4.78 is 19.3. The van der Waals surface area contributed by atoms with E-state index in [-0.39, 0.29) is 23.2 Å². The Morgan fingerprint density at radius 1 is 1.24 bits per heavy atom. The predicted octanol–water partition coefficient (Wildman–Crippen LogP) is 3.85. The first-order valence-corrected chi connectivity index (χ1v) is 6.36. The van der Waals surface area contributed by atoms with Gasteiger partial charge in [-0.15, -0.1) is 0 Å². The van der Waals surface area contributed by atoms with Gasteiger partial charge in [0, 0.05) is 12.1 Å². The number of ether oxygens (including phenoxy) is 1. The highest BCUT2D eigenvalue weighted by Crippen LogP contribution is 2.33. The summed E-state index contributed by atoms with van der Waals surface area (Å²) in [6.07, 6.45) is 0. The molecule has 1 atom stereocenters. The lowest BCUT2D eigenvalue weighted by Gasteiger charge is -2.10. The third kappa shape index (κ3) is 3.35. The zero-order chi connectivity index (χ0) is 15.6. The molecule has 5 nitrogen and oxygen atoms in total. The molecule has 0 amide bonds. The number of halogens is 1. The number of nitro groups is 1. The highest BCUT2D eigenvalue weighted by Gasteiger charge is 2.17. The summed E-state index contributed by atoms with van der Waals surface area (Å²) in [4.78, 5) is 10.4. The van der Waals surface area contributed by atoms with Gasteiger partial charge < -0.3 is 10.5 Å². The number of aryl methyl sites for hydroxylation is 1. The lowest BCUT2D eigenvalue weighted by atomic mass is 10.1. The molecule has 6 heteroatoms. The van der Waals surface area contributed by atoms with Crippen LogP contribution in [0.3, 0.4) is 0 Å². The van der Waals surface area contributed by atoms with Gasteiger partial charge in [0.15, 0.2) is 11.6 Å². The lowest BCUT2D eigenvalue weighted by Crippen LogP contribution is -2.05.